The molecule has 1 fully saturated rings. The van der Waals surface area contributed by atoms with E-state index < -0.39 is 0 Å². The summed E-state index contributed by atoms with van der Waals surface area (Å²) in [6.45, 7) is 7.23. The second kappa shape index (κ2) is 9.83. The SMILES string of the molecule is Cc1cc(Br)ccc1NC(=O)CN1CCN(C/C=C/c2ccccc2)CC1. The van der Waals surface area contributed by atoms with Crippen molar-refractivity contribution in [3.8, 4) is 0 Å². The first-order valence-electron chi connectivity index (χ1n) is 9.32. The Kier molecular flexibility index (Phi) is 7.21. The third kappa shape index (κ3) is 6.31. The fourth-order valence-corrected chi connectivity index (χ4v) is 3.67. The molecule has 3 rings (SSSR count). The molecular weight excluding hydrogens is 402 g/mol. The number of benzene rings is 2. The van der Waals surface area contributed by atoms with Gasteiger partial charge < -0.3 is 5.32 Å². The second-order valence-electron chi connectivity index (χ2n) is 6.90. The van der Waals surface area contributed by atoms with Crippen molar-refractivity contribution in [1.82, 2.24) is 9.80 Å². The molecule has 2 aromatic rings. The van der Waals surface area contributed by atoms with Gasteiger partial charge in [0.15, 0.2) is 0 Å². The highest BCUT2D eigenvalue weighted by Gasteiger charge is 2.18. The predicted octanol–water partition coefficient (Wildman–Crippen LogP) is 4.03. The van der Waals surface area contributed by atoms with Gasteiger partial charge in [-0.25, -0.2) is 0 Å². The van der Waals surface area contributed by atoms with Gasteiger partial charge in [0.05, 0.1) is 6.54 Å². The van der Waals surface area contributed by atoms with Crippen molar-refractivity contribution in [3.05, 3.63) is 70.2 Å². The number of aryl methyl sites for hydroxylation is 1. The van der Waals surface area contributed by atoms with Crippen LogP contribution in [0, 0.1) is 6.92 Å². The molecule has 1 aliphatic heterocycles. The lowest BCUT2D eigenvalue weighted by Gasteiger charge is -2.33. The average Bonchev–Trinajstić information content (AvgIpc) is 2.66. The van der Waals surface area contributed by atoms with Crippen molar-refractivity contribution in [2.24, 2.45) is 0 Å². The summed E-state index contributed by atoms with van der Waals surface area (Å²) in [6, 6.07) is 16.3. The van der Waals surface area contributed by atoms with E-state index in [1.807, 2.05) is 31.2 Å². The van der Waals surface area contributed by atoms with Gasteiger partial charge in [-0.1, -0.05) is 58.4 Å². The number of hydrogen-bond acceptors (Lipinski definition) is 3. The molecule has 1 heterocycles. The van der Waals surface area contributed by atoms with Crippen LogP contribution in [-0.2, 0) is 4.79 Å². The lowest BCUT2D eigenvalue weighted by Crippen LogP contribution is -2.48. The van der Waals surface area contributed by atoms with Gasteiger partial charge in [-0.15, -0.1) is 0 Å². The van der Waals surface area contributed by atoms with Gasteiger partial charge in [0.25, 0.3) is 0 Å². The Bertz CT molecular complexity index is 783. The Balaban J connectivity index is 1.40. The van der Waals surface area contributed by atoms with E-state index in [9.17, 15) is 4.79 Å². The van der Waals surface area contributed by atoms with Crippen molar-refractivity contribution in [2.75, 3.05) is 44.6 Å². The number of piperazine rings is 1. The number of amides is 1. The zero-order valence-corrected chi connectivity index (χ0v) is 17.3. The molecule has 0 bridgehead atoms. The molecule has 5 heteroatoms. The van der Waals surface area contributed by atoms with E-state index in [0.717, 1.165) is 48.4 Å². The van der Waals surface area contributed by atoms with E-state index in [-0.39, 0.29) is 5.91 Å². The lowest BCUT2D eigenvalue weighted by atomic mass is 10.2. The summed E-state index contributed by atoms with van der Waals surface area (Å²) in [5.41, 5.74) is 3.18. The lowest BCUT2D eigenvalue weighted by molar-refractivity contribution is -0.117. The topological polar surface area (TPSA) is 35.6 Å². The maximum Gasteiger partial charge on any atom is 0.238 e. The maximum atomic E-state index is 12.3. The maximum absolute atomic E-state index is 12.3. The summed E-state index contributed by atoms with van der Waals surface area (Å²) in [4.78, 5) is 17.0. The van der Waals surface area contributed by atoms with E-state index in [1.165, 1.54) is 5.56 Å². The highest BCUT2D eigenvalue weighted by molar-refractivity contribution is 9.10. The summed E-state index contributed by atoms with van der Waals surface area (Å²) < 4.78 is 1.02. The Hall–Kier alpha value is -1.95. The molecule has 0 aromatic heterocycles. The molecule has 27 heavy (non-hydrogen) atoms. The van der Waals surface area contributed by atoms with Crippen LogP contribution >= 0.6 is 15.9 Å². The number of nitrogens with one attached hydrogen (secondary N) is 1. The van der Waals surface area contributed by atoms with Gasteiger partial charge in [0, 0.05) is 42.9 Å². The van der Waals surface area contributed by atoms with Crippen LogP contribution in [0.1, 0.15) is 11.1 Å². The number of rotatable bonds is 6. The molecule has 1 aliphatic rings. The van der Waals surface area contributed by atoms with E-state index in [2.05, 4.69) is 67.5 Å². The normalized spacial score (nSPS) is 15.9. The molecule has 0 atom stereocenters. The van der Waals surface area contributed by atoms with Gasteiger partial charge in [-0.3, -0.25) is 14.6 Å². The zero-order valence-electron chi connectivity index (χ0n) is 15.7. The Morgan fingerprint density at radius 1 is 1.07 bits per heavy atom. The van der Waals surface area contributed by atoms with E-state index in [4.69, 9.17) is 0 Å². The number of nitrogens with zero attached hydrogens (tertiary/aromatic N) is 2. The van der Waals surface area contributed by atoms with Crippen LogP contribution in [-0.4, -0.2) is 55.0 Å². The number of hydrogen-bond donors (Lipinski definition) is 1. The van der Waals surface area contributed by atoms with Crippen LogP contribution in [0.2, 0.25) is 0 Å². The van der Waals surface area contributed by atoms with Crippen LogP contribution in [0.25, 0.3) is 6.08 Å². The highest BCUT2D eigenvalue weighted by Crippen LogP contribution is 2.20. The molecule has 0 unspecified atom stereocenters. The third-order valence-electron chi connectivity index (χ3n) is 4.77. The first kappa shape index (κ1) is 19.8. The molecule has 0 radical (unpaired) electrons. The molecular formula is C22H26BrN3O. The molecule has 1 N–H and O–H groups in total. The molecule has 0 saturated carbocycles. The minimum atomic E-state index is 0.0536. The summed E-state index contributed by atoms with van der Waals surface area (Å²) in [6.07, 6.45) is 4.38. The fourth-order valence-electron chi connectivity index (χ4n) is 3.19. The van der Waals surface area contributed by atoms with E-state index in [1.54, 1.807) is 0 Å². The standard InChI is InChI=1S/C22H26BrN3O/c1-18-16-20(23)9-10-21(18)24-22(27)17-26-14-12-25(13-15-26)11-5-8-19-6-3-2-4-7-19/h2-10,16H,11-15,17H2,1H3,(H,24,27)/b8-5+. The molecule has 4 nitrogen and oxygen atoms in total. The van der Waals surface area contributed by atoms with E-state index >= 15 is 0 Å². The Morgan fingerprint density at radius 3 is 2.48 bits per heavy atom. The Labute approximate surface area is 170 Å². The van der Waals surface area contributed by atoms with Crippen molar-refractivity contribution < 1.29 is 4.79 Å². The molecule has 2 aromatic carbocycles. The zero-order chi connectivity index (χ0) is 19.1. The largest absolute Gasteiger partial charge is 0.325 e. The quantitative estimate of drug-likeness (QED) is 0.755. The first-order chi connectivity index (χ1) is 13.1. The predicted molar refractivity (Wildman–Crippen MR) is 116 cm³/mol. The van der Waals surface area contributed by atoms with Crippen LogP contribution < -0.4 is 5.32 Å². The second-order valence-corrected chi connectivity index (χ2v) is 7.81. The summed E-state index contributed by atoms with van der Waals surface area (Å²) in [5.74, 6) is 0.0536. The summed E-state index contributed by atoms with van der Waals surface area (Å²) in [5, 5.41) is 3.02. The fraction of sp³-hybridized carbons (Fsp3) is 0.318. The molecule has 0 aliphatic carbocycles. The van der Waals surface area contributed by atoms with Gasteiger partial charge >= 0.3 is 0 Å². The van der Waals surface area contributed by atoms with Crippen LogP contribution in [0.4, 0.5) is 5.69 Å². The number of halogens is 1. The van der Waals surface area contributed by atoms with Gasteiger partial charge in [0.1, 0.15) is 0 Å². The minimum absolute atomic E-state index is 0.0536. The average molecular weight is 428 g/mol. The van der Waals surface area contributed by atoms with Gasteiger partial charge in [-0.2, -0.15) is 0 Å². The number of anilines is 1. The van der Waals surface area contributed by atoms with Crippen molar-refractivity contribution in [1.29, 1.82) is 0 Å². The number of carbonyl (C=O) groups is 1. The summed E-state index contributed by atoms with van der Waals surface area (Å²) in [7, 11) is 0. The highest BCUT2D eigenvalue weighted by atomic mass is 79.9. The molecule has 1 amide bonds. The molecule has 142 valence electrons. The minimum Gasteiger partial charge on any atom is -0.325 e. The van der Waals surface area contributed by atoms with Crippen LogP contribution in [0.15, 0.2) is 59.1 Å². The smallest absolute Gasteiger partial charge is 0.238 e. The number of carbonyl (C=O) groups excluding carboxylic acids is 1. The van der Waals surface area contributed by atoms with Crippen LogP contribution in [0.5, 0.6) is 0 Å². The monoisotopic (exact) mass is 427 g/mol. The van der Waals surface area contributed by atoms with Gasteiger partial charge in [0.2, 0.25) is 5.91 Å². The van der Waals surface area contributed by atoms with Crippen molar-refractivity contribution in [2.45, 2.75) is 6.92 Å². The van der Waals surface area contributed by atoms with Gasteiger partial charge in [-0.05, 0) is 36.2 Å². The molecule has 0 spiro atoms. The molecule has 1 saturated heterocycles. The van der Waals surface area contributed by atoms with Crippen LogP contribution in [0.3, 0.4) is 0 Å². The first-order valence-corrected chi connectivity index (χ1v) is 10.1. The van der Waals surface area contributed by atoms with Crippen molar-refractivity contribution in [3.63, 3.8) is 0 Å². The third-order valence-corrected chi connectivity index (χ3v) is 5.26. The summed E-state index contributed by atoms with van der Waals surface area (Å²) >= 11 is 3.45. The van der Waals surface area contributed by atoms with Crippen molar-refractivity contribution >= 4 is 33.6 Å². The Morgan fingerprint density at radius 2 is 1.78 bits per heavy atom. The van der Waals surface area contributed by atoms with E-state index in [0.29, 0.717) is 6.54 Å².